The van der Waals surface area contributed by atoms with Crippen molar-refractivity contribution in [1.82, 2.24) is 0 Å². The van der Waals surface area contributed by atoms with Crippen molar-refractivity contribution >= 4 is 12.1 Å². The number of benzene rings is 1. The van der Waals surface area contributed by atoms with E-state index >= 15 is 0 Å². The molecule has 1 nitrogen and oxygen atoms in total. The van der Waals surface area contributed by atoms with Gasteiger partial charge in [0.25, 0.3) is 5.92 Å². The van der Waals surface area contributed by atoms with E-state index in [-0.39, 0.29) is 22.6 Å². The molecule has 1 aliphatic rings. The van der Waals surface area contributed by atoms with E-state index in [0.29, 0.717) is 5.56 Å². The Morgan fingerprint density at radius 2 is 2.14 bits per heavy atom. The summed E-state index contributed by atoms with van der Waals surface area (Å²) in [5, 5.41) is 9.29. The summed E-state index contributed by atoms with van der Waals surface area (Å²) in [6, 6.07) is 4.38. The van der Waals surface area contributed by atoms with Crippen LogP contribution in [0.1, 0.15) is 17.2 Å². The second-order valence-electron chi connectivity index (χ2n) is 3.25. The number of hydrogen-bond acceptors (Lipinski definition) is 2. The number of halogens is 3. The number of fused-ring (bicyclic) bond motifs is 1. The van der Waals surface area contributed by atoms with Crippen molar-refractivity contribution in [3.63, 3.8) is 0 Å². The molecule has 1 unspecified atom stereocenters. The van der Waals surface area contributed by atoms with Gasteiger partial charge in [-0.05, 0) is 11.6 Å². The molecular formula is C9H7F3OS. The van der Waals surface area contributed by atoms with Crippen molar-refractivity contribution in [2.24, 2.45) is 0 Å². The molecule has 14 heavy (non-hydrogen) atoms. The Morgan fingerprint density at radius 1 is 1.43 bits per heavy atom. The van der Waals surface area contributed by atoms with Crippen molar-refractivity contribution in [1.29, 1.82) is 0 Å². The lowest BCUT2D eigenvalue weighted by molar-refractivity contribution is -0.0975. The van der Waals surface area contributed by atoms with E-state index in [2.05, 4.69) is 0 Å². The molecule has 1 N–H and O–H groups in total. The molecule has 0 spiro atoms. The van der Waals surface area contributed by atoms with Crippen molar-refractivity contribution in [3.8, 4) is 0 Å². The van der Waals surface area contributed by atoms with Gasteiger partial charge in [-0.3, -0.25) is 0 Å². The Kier molecular flexibility index (Phi) is 2.23. The third-order valence-electron chi connectivity index (χ3n) is 2.34. The Labute approximate surface area is 83.2 Å². The molecule has 1 aromatic carbocycles. The molecule has 1 atom stereocenters. The van der Waals surface area contributed by atoms with Crippen LogP contribution in [0.4, 0.5) is 12.7 Å². The molecular weight excluding hydrogens is 213 g/mol. The van der Waals surface area contributed by atoms with Gasteiger partial charge in [-0.25, -0.2) is 8.78 Å². The summed E-state index contributed by atoms with van der Waals surface area (Å²) in [5.41, 5.74) is 0.357. The third kappa shape index (κ3) is 1.31. The fourth-order valence-electron chi connectivity index (χ4n) is 1.68. The Morgan fingerprint density at radius 3 is 2.79 bits per heavy atom. The average Bonchev–Trinajstić information content (AvgIpc) is 2.37. The van der Waals surface area contributed by atoms with E-state index < -0.39 is 18.4 Å². The number of rotatable bonds is 1. The SMILES string of the molecule is OC1c2c(cccc2SF)CC1(F)F. The molecule has 2 rings (SSSR count). The highest BCUT2D eigenvalue weighted by atomic mass is 32.2. The van der Waals surface area contributed by atoms with Gasteiger partial charge >= 0.3 is 0 Å². The first-order valence-corrected chi connectivity index (χ1v) is 4.74. The normalized spacial score (nSPS) is 23.6. The lowest BCUT2D eigenvalue weighted by Crippen LogP contribution is -2.21. The van der Waals surface area contributed by atoms with Crippen molar-refractivity contribution in [2.75, 3.05) is 0 Å². The fraction of sp³-hybridized carbons (Fsp3) is 0.333. The predicted molar refractivity (Wildman–Crippen MR) is 47.0 cm³/mol. The third-order valence-corrected chi connectivity index (χ3v) is 2.86. The minimum absolute atomic E-state index is 0.0324. The Bertz CT molecular complexity index is 367. The molecule has 0 aliphatic heterocycles. The van der Waals surface area contributed by atoms with Gasteiger partial charge in [-0.2, -0.15) is 3.89 Å². The maximum Gasteiger partial charge on any atom is 0.281 e. The van der Waals surface area contributed by atoms with E-state index in [1.54, 1.807) is 0 Å². The van der Waals surface area contributed by atoms with Crippen LogP contribution < -0.4 is 0 Å². The van der Waals surface area contributed by atoms with Crippen molar-refractivity contribution < 1.29 is 17.8 Å². The summed E-state index contributed by atoms with van der Waals surface area (Å²) in [7, 11) is 0. The number of alkyl halides is 2. The minimum atomic E-state index is -3.17. The van der Waals surface area contributed by atoms with Gasteiger partial charge in [-0.15, -0.1) is 0 Å². The Hall–Kier alpha value is -0.680. The van der Waals surface area contributed by atoms with E-state index in [4.69, 9.17) is 0 Å². The first kappa shape index (κ1) is 9.86. The summed E-state index contributed by atoms with van der Waals surface area (Å²) in [6.07, 6.45) is -2.39. The van der Waals surface area contributed by atoms with E-state index in [0.717, 1.165) is 0 Å². The number of aliphatic hydroxyl groups excluding tert-OH is 1. The molecule has 1 aliphatic carbocycles. The largest absolute Gasteiger partial charge is 0.382 e. The first-order chi connectivity index (χ1) is 6.56. The van der Waals surface area contributed by atoms with Crippen LogP contribution in [-0.4, -0.2) is 11.0 Å². The number of hydrogen-bond donors (Lipinski definition) is 1. The lowest BCUT2D eigenvalue weighted by Gasteiger charge is -2.14. The van der Waals surface area contributed by atoms with Crippen LogP contribution in [0.25, 0.3) is 0 Å². The van der Waals surface area contributed by atoms with Crippen LogP contribution in [0.5, 0.6) is 0 Å². The second kappa shape index (κ2) is 3.17. The van der Waals surface area contributed by atoms with Crippen LogP contribution in [-0.2, 0) is 6.42 Å². The smallest absolute Gasteiger partial charge is 0.281 e. The molecule has 5 heteroatoms. The molecule has 0 fully saturated rings. The maximum absolute atomic E-state index is 13.1. The second-order valence-corrected chi connectivity index (χ2v) is 3.84. The average molecular weight is 220 g/mol. The van der Waals surface area contributed by atoms with Gasteiger partial charge in [0.2, 0.25) is 0 Å². The summed E-state index contributed by atoms with van der Waals surface area (Å²) < 4.78 is 38.5. The van der Waals surface area contributed by atoms with Crippen LogP contribution in [0.15, 0.2) is 23.1 Å². The highest BCUT2D eigenvalue weighted by Gasteiger charge is 2.47. The molecule has 0 bridgehead atoms. The molecule has 0 heterocycles. The predicted octanol–water partition coefficient (Wildman–Crippen LogP) is 2.89. The topological polar surface area (TPSA) is 20.2 Å². The summed E-state index contributed by atoms with van der Waals surface area (Å²) in [4.78, 5) is 0.0761. The summed E-state index contributed by atoms with van der Waals surface area (Å²) in [5.74, 6) is -3.17. The lowest BCUT2D eigenvalue weighted by atomic mass is 10.1. The van der Waals surface area contributed by atoms with Crippen molar-refractivity contribution in [3.05, 3.63) is 29.3 Å². The maximum atomic E-state index is 13.1. The van der Waals surface area contributed by atoms with E-state index in [9.17, 15) is 17.8 Å². The molecule has 0 aromatic heterocycles. The molecule has 1 aromatic rings. The monoisotopic (exact) mass is 220 g/mol. The zero-order chi connectivity index (χ0) is 10.3. The van der Waals surface area contributed by atoms with Gasteiger partial charge in [-0.1, -0.05) is 12.1 Å². The van der Waals surface area contributed by atoms with E-state index in [1.807, 2.05) is 0 Å². The molecule has 0 saturated heterocycles. The van der Waals surface area contributed by atoms with Gasteiger partial charge in [0.1, 0.15) is 6.10 Å². The van der Waals surface area contributed by atoms with Crippen LogP contribution in [0, 0.1) is 0 Å². The quantitative estimate of drug-likeness (QED) is 0.785. The van der Waals surface area contributed by atoms with Crippen LogP contribution >= 0.6 is 12.1 Å². The van der Waals surface area contributed by atoms with Crippen molar-refractivity contribution in [2.45, 2.75) is 23.3 Å². The molecule has 0 radical (unpaired) electrons. The van der Waals surface area contributed by atoms with Gasteiger partial charge in [0.15, 0.2) is 0 Å². The van der Waals surface area contributed by atoms with Crippen LogP contribution in [0.2, 0.25) is 0 Å². The molecule has 0 amide bonds. The van der Waals surface area contributed by atoms with E-state index in [1.165, 1.54) is 18.2 Å². The molecule has 76 valence electrons. The minimum Gasteiger partial charge on any atom is -0.382 e. The van der Waals surface area contributed by atoms with Gasteiger partial charge in [0, 0.05) is 16.9 Å². The first-order valence-electron chi connectivity index (χ1n) is 4.02. The van der Waals surface area contributed by atoms with Crippen LogP contribution in [0.3, 0.4) is 0 Å². The Balaban J connectivity index is 2.54. The fourth-order valence-corrected chi connectivity index (χ4v) is 2.14. The molecule has 0 saturated carbocycles. The summed E-state index contributed by atoms with van der Waals surface area (Å²) >= 11 is -0.115. The summed E-state index contributed by atoms with van der Waals surface area (Å²) in [6.45, 7) is 0. The zero-order valence-corrected chi connectivity index (χ0v) is 7.82. The standard InChI is InChI=1S/C9H7F3OS/c10-9(11)4-5-2-1-3-6(14-12)7(5)8(9)13/h1-3,8,13H,4H2. The van der Waals surface area contributed by atoms with Gasteiger partial charge < -0.3 is 5.11 Å². The zero-order valence-electron chi connectivity index (χ0n) is 7.01. The highest BCUT2D eigenvalue weighted by Crippen LogP contribution is 2.46. The highest BCUT2D eigenvalue weighted by molar-refractivity contribution is 7.94. The number of aliphatic hydroxyl groups is 1. The van der Waals surface area contributed by atoms with Gasteiger partial charge in [0.05, 0.1) is 12.1 Å².